The topological polar surface area (TPSA) is 12.0 Å². The van der Waals surface area contributed by atoms with Gasteiger partial charge in [0, 0.05) is 22.6 Å². The van der Waals surface area contributed by atoms with E-state index in [2.05, 4.69) is 21.2 Å². The molecular formula is C15H14BrF2N. The van der Waals surface area contributed by atoms with Gasteiger partial charge in [-0.1, -0.05) is 40.2 Å². The molecule has 0 bridgehead atoms. The van der Waals surface area contributed by atoms with Crippen molar-refractivity contribution in [2.45, 2.75) is 19.5 Å². The van der Waals surface area contributed by atoms with Crippen LogP contribution in [0.2, 0.25) is 0 Å². The Labute approximate surface area is 119 Å². The van der Waals surface area contributed by atoms with Crippen molar-refractivity contribution < 1.29 is 8.78 Å². The van der Waals surface area contributed by atoms with Crippen LogP contribution in [0.5, 0.6) is 0 Å². The van der Waals surface area contributed by atoms with Crippen LogP contribution < -0.4 is 5.32 Å². The van der Waals surface area contributed by atoms with Gasteiger partial charge in [0.2, 0.25) is 0 Å². The van der Waals surface area contributed by atoms with E-state index in [0.29, 0.717) is 16.6 Å². The SMILES string of the molecule is CC(NCc1ccccc1F)c1ccc(F)cc1Br. The maximum atomic E-state index is 13.5. The van der Waals surface area contributed by atoms with Gasteiger partial charge in [-0.15, -0.1) is 0 Å². The molecule has 0 saturated carbocycles. The van der Waals surface area contributed by atoms with Crippen LogP contribution in [0.15, 0.2) is 46.9 Å². The Morgan fingerprint density at radius 3 is 2.58 bits per heavy atom. The molecule has 0 heterocycles. The highest BCUT2D eigenvalue weighted by molar-refractivity contribution is 9.10. The smallest absolute Gasteiger partial charge is 0.127 e. The summed E-state index contributed by atoms with van der Waals surface area (Å²) in [5.74, 6) is -0.502. The Bertz CT molecular complexity index is 572. The second-order valence-electron chi connectivity index (χ2n) is 4.36. The van der Waals surface area contributed by atoms with Crippen molar-refractivity contribution in [3.63, 3.8) is 0 Å². The van der Waals surface area contributed by atoms with E-state index in [9.17, 15) is 8.78 Å². The predicted molar refractivity (Wildman–Crippen MR) is 75.8 cm³/mol. The van der Waals surface area contributed by atoms with E-state index in [-0.39, 0.29) is 17.7 Å². The maximum absolute atomic E-state index is 13.5. The molecule has 0 amide bonds. The van der Waals surface area contributed by atoms with Gasteiger partial charge in [-0.25, -0.2) is 8.78 Å². The first kappa shape index (κ1) is 14.2. The number of halogens is 3. The summed E-state index contributed by atoms with van der Waals surface area (Å²) in [5, 5.41) is 3.22. The monoisotopic (exact) mass is 325 g/mol. The molecule has 1 unspecified atom stereocenters. The van der Waals surface area contributed by atoms with E-state index in [4.69, 9.17) is 0 Å². The molecule has 2 aromatic carbocycles. The molecule has 0 aromatic heterocycles. The van der Waals surface area contributed by atoms with Crippen molar-refractivity contribution in [1.29, 1.82) is 0 Å². The lowest BCUT2D eigenvalue weighted by molar-refractivity contribution is 0.541. The molecule has 2 rings (SSSR count). The highest BCUT2D eigenvalue weighted by Crippen LogP contribution is 2.24. The van der Waals surface area contributed by atoms with E-state index in [1.165, 1.54) is 18.2 Å². The van der Waals surface area contributed by atoms with E-state index < -0.39 is 0 Å². The second-order valence-corrected chi connectivity index (χ2v) is 5.21. The summed E-state index contributed by atoms with van der Waals surface area (Å²) in [4.78, 5) is 0. The Morgan fingerprint density at radius 2 is 1.89 bits per heavy atom. The van der Waals surface area contributed by atoms with Crippen molar-refractivity contribution in [3.05, 3.63) is 69.7 Å². The summed E-state index contributed by atoms with van der Waals surface area (Å²) in [6, 6.07) is 11.2. The molecule has 0 spiro atoms. The molecule has 0 saturated heterocycles. The van der Waals surface area contributed by atoms with E-state index in [1.807, 2.05) is 6.92 Å². The van der Waals surface area contributed by atoms with Crippen LogP contribution in [0.1, 0.15) is 24.1 Å². The van der Waals surface area contributed by atoms with E-state index >= 15 is 0 Å². The second kappa shape index (κ2) is 6.26. The molecule has 100 valence electrons. The number of rotatable bonds is 4. The largest absolute Gasteiger partial charge is 0.306 e. The van der Waals surface area contributed by atoms with Gasteiger partial charge < -0.3 is 5.32 Å². The summed E-state index contributed by atoms with van der Waals surface area (Å²) in [7, 11) is 0. The summed E-state index contributed by atoms with van der Waals surface area (Å²) >= 11 is 3.33. The Morgan fingerprint density at radius 1 is 1.16 bits per heavy atom. The summed E-state index contributed by atoms with van der Waals surface area (Å²) in [6.45, 7) is 2.39. The standard InChI is InChI=1S/C15H14BrF2N/c1-10(13-7-6-12(17)8-14(13)16)19-9-11-4-2-3-5-15(11)18/h2-8,10,19H,9H2,1H3. The number of hydrogen-bond acceptors (Lipinski definition) is 1. The van der Waals surface area contributed by atoms with Crippen LogP contribution in [-0.4, -0.2) is 0 Å². The predicted octanol–water partition coefficient (Wildman–Crippen LogP) is 4.58. The van der Waals surface area contributed by atoms with Crippen molar-refractivity contribution in [3.8, 4) is 0 Å². The molecule has 0 aliphatic carbocycles. The number of nitrogens with one attached hydrogen (secondary N) is 1. The first-order chi connectivity index (χ1) is 9.08. The lowest BCUT2D eigenvalue weighted by Gasteiger charge is -2.16. The minimum Gasteiger partial charge on any atom is -0.306 e. The van der Waals surface area contributed by atoms with Crippen LogP contribution in [0.3, 0.4) is 0 Å². The molecule has 1 N–H and O–H groups in total. The summed E-state index contributed by atoms with van der Waals surface area (Å²) in [5.41, 5.74) is 1.56. The summed E-state index contributed by atoms with van der Waals surface area (Å²) in [6.07, 6.45) is 0. The van der Waals surface area contributed by atoms with E-state index in [0.717, 1.165) is 5.56 Å². The normalized spacial score (nSPS) is 12.4. The fourth-order valence-corrected chi connectivity index (χ4v) is 2.56. The molecule has 4 heteroatoms. The molecular weight excluding hydrogens is 312 g/mol. The van der Waals surface area contributed by atoms with Crippen molar-refractivity contribution in [2.75, 3.05) is 0 Å². The van der Waals surface area contributed by atoms with Crippen LogP contribution >= 0.6 is 15.9 Å². The minimum atomic E-state index is -0.281. The van der Waals surface area contributed by atoms with Crippen molar-refractivity contribution in [2.24, 2.45) is 0 Å². The Hall–Kier alpha value is -1.26. The van der Waals surface area contributed by atoms with E-state index in [1.54, 1.807) is 24.3 Å². The quantitative estimate of drug-likeness (QED) is 0.867. The molecule has 0 fully saturated rings. The zero-order chi connectivity index (χ0) is 13.8. The molecule has 0 radical (unpaired) electrons. The average molecular weight is 326 g/mol. The van der Waals surface area contributed by atoms with Gasteiger partial charge in [0.1, 0.15) is 11.6 Å². The van der Waals surface area contributed by atoms with Crippen molar-refractivity contribution in [1.82, 2.24) is 5.32 Å². The first-order valence-corrected chi connectivity index (χ1v) is 6.79. The molecule has 0 aliphatic heterocycles. The summed E-state index contributed by atoms with van der Waals surface area (Å²) < 4.78 is 27.2. The minimum absolute atomic E-state index is 0.00502. The molecule has 2 aromatic rings. The average Bonchev–Trinajstić information content (AvgIpc) is 2.37. The fraction of sp³-hybridized carbons (Fsp3) is 0.200. The number of hydrogen-bond donors (Lipinski definition) is 1. The highest BCUT2D eigenvalue weighted by atomic mass is 79.9. The van der Waals surface area contributed by atoms with Crippen LogP contribution in [0.4, 0.5) is 8.78 Å². The van der Waals surface area contributed by atoms with Gasteiger partial charge in [0.25, 0.3) is 0 Å². The first-order valence-electron chi connectivity index (χ1n) is 5.99. The van der Waals surface area contributed by atoms with Crippen molar-refractivity contribution >= 4 is 15.9 Å². The lowest BCUT2D eigenvalue weighted by atomic mass is 10.1. The Balaban J connectivity index is 2.05. The van der Waals surface area contributed by atoms with Crippen LogP contribution in [-0.2, 0) is 6.54 Å². The number of benzene rings is 2. The molecule has 1 atom stereocenters. The highest BCUT2D eigenvalue weighted by Gasteiger charge is 2.10. The lowest BCUT2D eigenvalue weighted by Crippen LogP contribution is -2.19. The maximum Gasteiger partial charge on any atom is 0.127 e. The zero-order valence-corrected chi connectivity index (χ0v) is 12.0. The van der Waals surface area contributed by atoms with Gasteiger partial charge in [-0.05, 0) is 30.7 Å². The molecule has 1 nitrogen and oxygen atoms in total. The zero-order valence-electron chi connectivity index (χ0n) is 10.5. The van der Waals surface area contributed by atoms with Gasteiger partial charge in [-0.3, -0.25) is 0 Å². The van der Waals surface area contributed by atoms with Crippen LogP contribution in [0, 0.1) is 11.6 Å². The van der Waals surface area contributed by atoms with Crippen LogP contribution in [0.25, 0.3) is 0 Å². The third kappa shape index (κ3) is 3.61. The Kier molecular flexibility index (Phi) is 4.66. The third-order valence-electron chi connectivity index (χ3n) is 2.99. The van der Waals surface area contributed by atoms with Gasteiger partial charge >= 0.3 is 0 Å². The van der Waals surface area contributed by atoms with Gasteiger partial charge in [-0.2, -0.15) is 0 Å². The van der Waals surface area contributed by atoms with Gasteiger partial charge in [0.05, 0.1) is 0 Å². The third-order valence-corrected chi connectivity index (χ3v) is 3.67. The van der Waals surface area contributed by atoms with Gasteiger partial charge in [0.15, 0.2) is 0 Å². The fourth-order valence-electron chi connectivity index (χ4n) is 1.87. The molecule has 19 heavy (non-hydrogen) atoms. The molecule has 0 aliphatic rings.